The number of para-hydroxylation sites is 1. The van der Waals surface area contributed by atoms with Gasteiger partial charge in [-0.2, -0.15) is 0 Å². The molecule has 2 aliphatic rings. The Bertz CT molecular complexity index is 1630. The van der Waals surface area contributed by atoms with Crippen LogP contribution in [0.2, 0.25) is 0 Å². The van der Waals surface area contributed by atoms with Crippen LogP contribution in [-0.2, 0) is 20.8 Å². The van der Waals surface area contributed by atoms with Crippen molar-refractivity contribution in [1.82, 2.24) is 25.8 Å². The number of carbonyl (C=O) groups excluding carboxylic acids is 4. The average Bonchev–Trinajstić information content (AvgIpc) is 3.06. The van der Waals surface area contributed by atoms with Crippen LogP contribution in [-0.4, -0.2) is 81.5 Å². The van der Waals surface area contributed by atoms with Gasteiger partial charge in [0.1, 0.15) is 11.7 Å². The highest BCUT2D eigenvalue weighted by Gasteiger charge is 2.42. The fourth-order valence-corrected chi connectivity index (χ4v) is 7.26. The Morgan fingerprint density at radius 2 is 1.63 bits per heavy atom. The summed E-state index contributed by atoms with van der Waals surface area (Å²) in [5.41, 5.74) is 6.70. The summed E-state index contributed by atoms with van der Waals surface area (Å²) < 4.78 is 0. The van der Waals surface area contributed by atoms with E-state index in [2.05, 4.69) is 25.8 Å². The molecule has 2 fully saturated rings. The van der Waals surface area contributed by atoms with E-state index < -0.39 is 53.9 Å². The SMILES string of the molecule is CC(C)(C)NC(=O)[C@@H]1CC2CCCCC2CN1CC(O)C(Cc1ccccc1)NC(=O)C(CC(N)=O)NC(=O)c1ccc2ccccc2n1. The van der Waals surface area contributed by atoms with Crippen molar-refractivity contribution in [2.45, 2.75) is 95.5 Å². The van der Waals surface area contributed by atoms with Crippen molar-refractivity contribution in [1.29, 1.82) is 0 Å². The highest BCUT2D eigenvalue weighted by atomic mass is 16.3. The van der Waals surface area contributed by atoms with Crippen LogP contribution >= 0.6 is 0 Å². The zero-order valence-electron chi connectivity index (χ0n) is 28.7. The Kier molecular flexibility index (Phi) is 11.7. The number of fused-ring (bicyclic) bond motifs is 2. The van der Waals surface area contributed by atoms with E-state index in [1.165, 1.54) is 6.42 Å². The second-order valence-electron chi connectivity index (χ2n) is 14.7. The number of nitrogens with two attached hydrogens (primary N) is 1. The number of amides is 4. The highest BCUT2D eigenvalue weighted by Crippen LogP contribution is 2.39. The van der Waals surface area contributed by atoms with Gasteiger partial charge in [-0.15, -0.1) is 0 Å². The number of aromatic nitrogens is 1. The summed E-state index contributed by atoms with van der Waals surface area (Å²) in [5.74, 6) is -1.20. The number of hydrogen-bond donors (Lipinski definition) is 5. The minimum atomic E-state index is -1.30. The summed E-state index contributed by atoms with van der Waals surface area (Å²) in [4.78, 5) is 59.3. The lowest BCUT2D eigenvalue weighted by Crippen LogP contribution is -2.61. The van der Waals surface area contributed by atoms with Crippen LogP contribution in [0.3, 0.4) is 0 Å². The van der Waals surface area contributed by atoms with Gasteiger partial charge in [-0.1, -0.05) is 73.9 Å². The number of carbonyl (C=O) groups is 4. The van der Waals surface area contributed by atoms with Gasteiger partial charge in [0.05, 0.1) is 30.1 Å². The fourth-order valence-electron chi connectivity index (χ4n) is 7.26. The number of nitrogens with one attached hydrogen (secondary N) is 3. The first kappa shape index (κ1) is 35.9. The first-order chi connectivity index (χ1) is 23.4. The number of nitrogens with zero attached hydrogens (tertiary/aromatic N) is 2. The highest BCUT2D eigenvalue weighted by molar-refractivity contribution is 5.99. The third-order valence-electron chi connectivity index (χ3n) is 9.67. The summed E-state index contributed by atoms with van der Waals surface area (Å²) in [6.07, 6.45) is 4.03. The topological polar surface area (TPSA) is 167 Å². The molecule has 2 aromatic carbocycles. The van der Waals surface area contributed by atoms with Crippen molar-refractivity contribution in [2.75, 3.05) is 13.1 Å². The van der Waals surface area contributed by atoms with E-state index >= 15 is 0 Å². The second kappa shape index (κ2) is 15.9. The summed E-state index contributed by atoms with van der Waals surface area (Å²) in [5, 5.41) is 21.4. The van der Waals surface area contributed by atoms with Crippen LogP contribution in [0.15, 0.2) is 66.7 Å². The number of rotatable bonds is 12. The lowest BCUT2D eigenvalue weighted by Gasteiger charge is -2.47. The summed E-state index contributed by atoms with van der Waals surface area (Å²) in [7, 11) is 0. The van der Waals surface area contributed by atoms with Crippen LogP contribution in [0.1, 0.15) is 75.3 Å². The maximum Gasteiger partial charge on any atom is 0.270 e. The molecule has 0 bridgehead atoms. The molecule has 5 rings (SSSR count). The number of aliphatic hydroxyl groups is 1. The number of piperidine rings is 1. The molecule has 3 aromatic rings. The third-order valence-corrected chi connectivity index (χ3v) is 9.67. The van der Waals surface area contributed by atoms with Crippen LogP contribution < -0.4 is 21.7 Å². The quantitative estimate of drug-likeness (QED) is 0.198. The Hall–Kier alpha value is -4.35. The first-order valence-corrected chi connectivity index (χ1v) is 17.4. The molecule has 4 amide bonds. The number of aliphatic hydroxyl groups excluding tert-OH is 1. The smallest absolute Gasteiger partial charge is 0.270 e. The third kappa shape index (κ3) is 9.86. The van der Waals surface area contributed by atoms with Crippen LogP contribution in [0.25, 0.3) is 10.9 Å². The van der Waals surface area contributed by atoms with Crippen molar-refractivity contribution in [3.8, 4) is 0 Å². The molecule has 2 heterocycles. The maximum absolute atomic E-state index is 13.8. The molecule has 0 radical (unpaired) electrons. The van der Waals surface area contributed by atoms with Crippen molar-refractivity contribution in [3.63, 3.8) is 0 Å². The van der Waals surface area contributed by atoms with E-state index in [9.17, 15) is 24.3 Å². The minimum absolute atomic E-state index is 0.0566. The average molecular weight is 671 g/mol. The minimum Gasteiger partial charge on any atom is -0.390 e. The molecule has 5 unspecified atom stereocenters. The zero-order valence-corrected chi connectivity index (χ0v) is 28.7. The van der Waals surface area contributed by atoms with Gasteiger partial charge < -0.3 is 26.8 Å². The predicted molar refractivity (Wildman–Crippen MR) is 188 cm³/mol. The molecule has 1 aliphatic carbocycles. The van der Waals surface area contributed by atoms with Crippen LogP contribution in [0, 0.1) is 11.8 Å². The molecule has 1 aromatic heterocycles. The molecule has 6 N–H and O–H groups in total. The van der Waals surface area contributed by atoms with Crippen molar-refractivity contribution >= 4 is 34.5 Å². The van der Waals surface area contributed by atoms with Gasteiger partial charge in [0, 0.05) is 24.0 Å². The monoisotopic (exact) mass is 670 g/mol. The van der Waals surface area contributed by atoms with E-state index in [4.69, 9.17) is 5.73 Å². The van der Waals surface area contributed by atoms with E-state index in [1.807, 2.05) is 69.3 Å². The molecule has 0 spiro atoms. The van der Waals surface area contributed by atoms with E-state index in [0.717, 1.165) is 36.6 Å². The molecular formula is C38H50N6O5. The Labute approximate surface area is 288 Å². The fraction of sp³-hybridized carbons (Fsp3) is 0.500. The molecule has 1 saturated heterocycles. The standard InChI is InChI=1S/C38H50N6O5/c1-38(2,3)43-37(49)32-20-26-14-7-8-15-27(26)22-44(32)23-33(45)30(19-24-11-5-4-6-12-24)41-36(48)31(21-34(39)46)42-35(47)29-18-17-25-13-9-10-16-28(25)40-29/h4-6,9-13,16-18,26-27,30-33,45H,7-8,14-15,19-23H2,1-3H3,(H2,39,46)(H,41,48)(H,42,47)(H,43,49)/t26?,27?,30?,31?,32-,33?/m0/s1. The zero-order chi connectivity index (χ0) is 35.1. The Morgan fingerprint density at radius 3 is 2.35 bits per heavy atom. The Balaban J connectivity index is 1.35. The van der Waals surface area contributed by atoms with Gasteiger partial charge in [0.2, 0.25) is 17.7 Å². The maximum atomic E-state index is 13.8. The second-order valence-corrected chi connectivity index (χ2v) is 14.7. The molecule has 49 heavy (non-hydrogen) atoms. The van der Waals surface area contributed by atoms with Crippen molar-refractivity contribution < 1.29 is 24.3 Å². The Morgan fingerprint density at radius 1 is 0.939 bits per heavy atom. The van der Waals surface area contributed by atoms with E-state index in [1.54, 1.807) is 18.2 Å². The van der Waals surface area contributed by atoms with Gasteiger partial charge in [-0.05, 0) is 69.6 Å². The number of hydrogen-bond acceptors (Lipinski definition) is 7. The van der Waals surface area contributed by atoms with Crippen LogP contribution in [0.4, 0.5) is 0 Å². The first-order valence-electron chi connectivity index (χ1n) is 17.4. The molecule has 262 valence electrons. The van der Waals surface area contributed by atoms with Gasteiger partial charge in [-0.25, -0.2) is 4.98 Å². The van der Waals surface area contributed by atoms with Gasteiger partial charge >= 0.3 is 0 Å². The molecule has 1 saturated carbocycles. The summed E-state index contributed by atoms with van der Waals surface area (Å²) in [6, 6.07) is 17.6. The van der Waals surface area contributed by atoms with Gasteiger partial charge in [0.25, 0.3) is 5.91 Å². The number of primary amides is 1. The number of β-amino-alcohol motifs (C(OH)–C–C–N with tert-alkyl or cyclic N) is 1. The largest absolute Gasteiger partial charge is 0.390 e. The van der Waals surface area contributed by atoms with Crippen molar-refractivity contribution in [3.05, 3.63) is 78.0 Å². The van der Waals surface area contributed by atoms with Crippen molar-refractivity contribution in [2.24, 2.45) is 17.6 Å². The number of benzene rings is 2. The molecule has 11 nitrogen and oxygen atoms in total. The number of likely N-dealkylation sites (tertiary alicyclic amines) is 1. The van der Waals surface area contributed by atoms with Gasteiger partial charge in [-0.3, -0.25) is 24.1 Å². The predicted octanol–water partition coefficient (Wildman–Crippen LogP) is 3.09. The van der Waals surface area contributed by atoms with E-state index in [0.29, 0.717) is 23.9 Å². The van der Waals surface area contributed by atoms with Crippen LogP contribution in [0.5, 0.6) is 0 Å². The molecule has 6 atom stereocenters. The molecule has 1 aliphatic heterocycles. The van der Waals surface area contributed by atoms with E-state index in [-0.39, 0.29) is 24.6 Å². The normalized spacial score (nSPS) is 21.5. The lowest BCUT2D eigenvalue weighted by molar-refractivity contribution is -0.133. The lowest BCUT2D eigenvalue weighted by atomic mass is 9.72. The number of pyridine rings is 1. The van der Waals surface area contributed by atoms with Gasteiger partial charge in [0.15, 0.2) is 0 Å². The molecule has 11 heteroatoms. The summed E-state index contributed by atoms with van der Waals surface area (Å²) >= 11 is 0. The molecular weight excluding hydrogens is 620 g/mol. The summed E-state index contributed by atoms with van der Waals surface area (Å²) in [6.45, 7) is 6.73.